The van der Waals surface area contributed by atoms with Crippen LogP contribution >= 0.6 is 0 Å². The molecule has 2 atom stereocenters. The lowest BCUT2D eigenvalue weighted by Crippen LogP contribution is -2.39. The molecule has 1 aliphatic rings. The monoisotopic (exact) mass is 236 g/mol. The third-order valence-corrected chi connectivity index (χ3v) is 3.97. The fourth-order valence-corrected chi connectivity index (χ4v) is 3.07. The Kier molecular flexibility index (Phi) is 4.19. The maximum absolute atomic E-state index is 10.8. The summed E-state index contributed by atoms with van der Waals surface area (Å²) in [5.41, 5.74) is 0.634. The van der Waals surface area contributed by atoms with Crippen molar-refractivity contribution in [3.8, 4) is 0 Å². The van der Waals surface area contributed by atoms with Gasteiger partial charge in [-0.05, 0) is 31.2 Å². The van der Waals surface area contributed by atoms with Crippen molar-refractivity contribution < 1.29 is 10.2 Å². The molecule has 1 fully saturated rings. The van der Waals surface area contributed by atoms with Gasteiger partial charge in [-0.3, -0.25) is 0 Å². The molecular weight excluding hydrogens is 214 g/mol. The highest BCUT2D eigenvalue weighted by Gasteiger charge is 2.38. The fourth-order valence-electron chi connectivity index (χ4n) is 3.07. The Morgan fingerprint density at radius 3 is 2.71 bits per heavy atom. The summed E-state index contributed by atoms with van der Waals surface area (Å²) in [6, 6.07) is 10.3. The molecule has 0 heterocycles. The minimum Gasteiger partial charge on any atom is -0.396 e. The van der Waals surface area contributed by atoms with E-state index in [1.807, 2.05) is 18.2 Å². The Hall–Kier alpha value is -0.860. The standard InChI is InChI=1S/C15H22O2/c16-12-6-11-15(17)10-5-4-9-14(15)13-7-2-1-3-8-13/h1-3,7-8,14,16-17H,4-6,9-12H2/t14-,15-/m1/s1/i17+2. The summed E-state index contributed by atoms with van der Waals surface area (Å²) in [6.07, 6.45) is 5.63. The zero-order valence-corrected chi connectivity index (χ0v) is 10.3. The van der Waals surface area contributed by atoms with E-state index in [1.54, 1.807) is 0 Å². The number of aliphatic hydroxyl groups excluding tert-OH is 1. The molecule has 2 rings (SSSR count). The maximum Gasteiger partial charge on any atom is 0.0716 e. The summed E-state index contributed by atoms with van der Waals surface area (Å²) in [7, 11) is 0. The van der Waals surface area contributed by atoms with Crippen LogP contribution in [0.2, 0.25) is 0 Å². The summed E-state index contributed by atoms with van der Waals surface area (Å²) >= 11 is 0. The Bertz CT molecular complexity index is 336. The Morgan fingerprint density at radius 2 is 2.00 bits per heavy atom. The lowest BCUT2D eigenvalue weighted by molar-refractivity contribution is -0.0287. The molecule has 94 valence electrons. The van der Waals surface area contributed by atoms with Crippen LogP contribution < -0.4 is 0 Å². The number of hydrogen-bond donors (Lipinski definition) is 2. The second-order valence-corrected chi connectivity index (χ2v) is 5.14. The van der Waals surface area contributed by atoms with E-state index in [4.69, 9.17) is 5.11 Å². The normalized spacial score (nSPS) is 29.2. The van der Waals surface area contributed by atoms with Crippen LogP contribution in [0.3, 0.4) is 0 Å². The Labute approximate surface area is 103 Å². The third-order valence-electron chi connectivity index (χ3n) is 3.97. The minimum atomic E-state index is -0.609. The van der Waals surface area contributed by atoms with Gasteiger partial charge < -0.3 is 10.2 Å². The van der Waals surface area contributed by atoms with E-state index >= 15 is 0 Å². The molecule has 0 aliphatic heterocycles. The molecule has 0 saturated heterocycles. The van der Waals surface area contributed by atoms with Gasteiger partial charge >= 0.3 is 0 Å². The second kappa shape index (κ2) is 5.65. The van der Waals surface area contributed by atoms with Crippen molar-refractivity contribution in [2.45, 2.75) is 50.0 Å². The molecule has 2 heteroatoms. The summed E-state index contributed by atoms with van der Waals surface area (Å²) in [6.45, 7) is 0.170. The van der Waals surface area contributed by atoms with Gasteiger partial charge in [0.05, 0.1) is 5.60 Å². The molecule has 1 aromatic carbocycles. The van der Waals surface area contributed by atoms with Crippen LogP contribution in [0.25, 0.3) is 0 Å². The summed E-state index contributed by atoms with van der Waals surface area (Å²) in [4.78, 5) is 0. The highest BCUT2D eigenvalue weighted by atomic mass is 18.2. The van der Waals surface area contributed by atoms with Crippen LogP contribution in [-0.4, -0.2) is 22.4 Å². The third kappa shape index (κ3) is 2.88. The van der Waals surface area contributed by atoms with E-state index < -0.39 is 5.60 Å². The lowest BCUT2D eigenvalue weighted by Gasteiger charge is -2.40. The highest BCUT2D eigenvalue weighted by Crippen LogP contribution is 2.43. The summed E-state index contributed by atoms with van der Waals surface area (Å²) in [5.74, 6) is 0.240. The van der Waals surface area contributed by atoms with Gasteiger partial charge in [0.1, 0.15) is 0 Å². The molecule has 0 bridgehead atoms. The van der Waals surface area contributed by atoms with Gasteiger partial charge in [-0.2, -0.15) is 0 Å². The first-order chi connectivity index (χ1) is 8.26. The predicted molar refractivity (Wildman–Crippen MR) is 68.9 cm³/mol. The smallest absolute Gasteiger partial charge is 0.0716 e. The Balaban J connectivity index is 2.17. The summed E-state index contributed by atoms with van der Waals surface area (Å²) < 4.78 is 0. The highest BCUT2D eigenvalue weighted by molar-refractivity contribution is 5.23. The molecule has 2 N–H and O–H groups in total. The van der Waals surface area contributed by atoms with E-state index in [2.05, 4.69) is 12.1 Å². The average molecular weight is 236 g/mol. The van der Waals surface area contributed by atoms with Crippen molar-refractivity contribution in [3.63, 3.8) is 0 Å². The van der Waals surface area contributed by atoms with Crippen molar-refractivity contribution in [1.29, 1.82) is 0 Å². The average Bonchev–Trinajstić information content (AvgIpc) is 2.38. The molecule has 0 amide bonds. The fraction of sp³-hybridized carbons (Fsp3) is 0.600. The van der Waals surface area contributed by atoms with Gasteiger partial charge in [-0.25, -0.2) is 0 Å². The van der Waals surface area contributed by atoms with Crippen LogP contribution in [-0.2, 0) is 0 Å². The molecular formula is C15H22O2. The molecule has 1 aliphatic carbocycles. The first-order valence-electron chi connectivity index (χ1n) is 6.64. The maximum atomic E-state index is 10.8. The molecule has 0 unspecified atom stereocenters. The van der Waals surface area contributed by atoms with Gasteiger partial charge in [0.25, 0.3) is 0 Å². The largest absolute Gasteiger partial charge is 0.396 e. The van der Waals surface area contributed by atoms with Crippen LogP contribution in [0.1, 0.15) is 50.0 Å². The van der Waals surface area contributed by atoms with E-state index in [1.165, 1.54) is 12.0 Å². The topological polar surface area (TPSA) is 40.5 Å². The van der Waals surface area contributed by atoms with Crippen LogP contribution in [0, 0.1) is 0 Å². The van der Waals surface area contributed by atoms with Gasteiger partial charge in [0.2, 0.25) is 0 Å². The van der Waals surface area contributed by atoms with Crippen molar-refractivity contribution in [1.82, 2.24) is 0 Å². The molecule has 1 aromatic rings. The van der Waals surface area contributed by atoms with Crippen molar-refractivity contribution in [2.75, 3.05) is 6.61 Å². The van der Waals surface area contributed by atoms with E-state index in [0.717, 1.165) is 19.3 Å². The van der Waals surface area contributed by atoms with Gasteiger partial charge in [-0.1, -0.05) is 43.2 Å². The molecule has 1 saturated carbocycles. The number of hydrogen-bond acceptors (Lipinski definition) is 2. The Morgan fingerprint density at radius 1 is 1.24 bits per heavy atom. The van der Waals surface area contributed by atoms with Gasteiger partial charge in [0.15, 0.2) is 0 Å². The van der Waals surface area contributed by atoms with Gasteiger partial charge in [-0.15, -0.1) is 0 Å². The van der Waals surface area contributed by atoms with Crippen LogP contribution in [0.5, 0.6) is 0 Å². The number of rotatable bonds is 4. The van der Waals surface area contributed by atoms with E-state index in [-0.39, 0.29) is 12.5 Å². The van der Waals surface area contributed by atoms with Crippen molar-refractivity contribution in [2.24, 2.45) is 0 Å². The predicted octanol–water partition coefficient (Wildman–Crippen LogP) is 2.85. The van der Waals surface area contributed by atoms with Crippen LogP contribution in [0.4, 0.5) is 0 Å². The number of benzene rings is 1. The SMILES string of the molecule is OCCC[C@]1([18OH])CCCC[C@@H]1c1ccccc1. The minimum absolute atomic E-state index is 0.170. The molecule has 17 heavy (non-hydrogen) atoms. The van der Waals surface area contributed by atoms with E-state index in [9.17, 15) is 5.11 Å². The lowest BCUT2D eigenvalue weighted by atomic mass is 9.71. The first kappa shape index (κ1) is 12.6. The van der Waals surface area contributed by atoms with E-state index in [0.29, 0.717) is 12.8 Å². The van der Waals surface area contributed by atoms with Crippen LogP contribution in [0.15, 0.2) is 30.3 Å². The molecule has 0 spiro atoms. The zero-order chi connectivity index (χ0) is 12.1. The second-order valence-electron chi connectivity index (χ2n) is 5.14. The summed E-state index contributed by atoms with van der Waals surface area (Å²) in [5, 5.41) is 19.8. The molecule has 0 aromatic heterocycles. The van der Waals surface area contributed by atoms with Crippen molar-refractivity contribution in [3.05, 3.63) is 35.9 Å². The quantitative estimate of drug-likeness (QED) is 0.789. The van der Waals surface area contributed by atoms with Gasteiger partial charge in [0, 0.05) is 12.5 Å². The zero-order valence-electron chi connectivity index (χ0n) is 10.3. The molecule has 2 nitrogen and oxygen atoms in total. The van der Waals surface area contributed by atoms with Crippen molar-refractivity contribution >= 4 is 0 Å². The molecule has 0 radical (unpaired) electrons. The number of aliphatic hydroxyl groups is 2. The first-order valence-corrected chi connectivity index (χ1v) is 6.64.